The van der Waals surface area contributed by atoms with Gasteiger partial charge in [0.2, 0.25) is 11.8 Å². The van der Waals surface area contributed by atoms with Crippen LogP contribution in [0.15, 0.2) is 63.7 Å². The molecular weight excluding hydrogens is 370 g/mol. The molecule has 2 aromatic carbocycles. The molecule has 0 radical (unpaired) electrons. The molecule has 1 aliphatic heterocycles. The summed E-state index contributed by atoms with van der Waals surface area (Å²) in [5.41, 5.74) is 1.70. The number of thiophene rings is 1. The first-order chi connectivity index (χ1) is 13.8. The zero-order chi connectivity index (χ0) is 18.9. The zero-order valence-electron chi connectivity index (χ0n) is 15.2. The highest BCUT2D eigenvalue weighted by Crippen LogP contribution is 2.30. The highest BCUT2D eigenvalue weighted by molar-refractivity contribution is 7.08. The minimum atomic E-state index is 0.0686. The zero-order valence-corrected chi connectivity index (χ0v) is 16.1. The lowest BCUT2D eigenvalue weighted by molar-refractivity contribution is 0.0700. The second kappa shape index (κ2) is 7.20. The van der Waals surface area contributed by atoms with Crippen LogP contribution in [0.1, 0.15) is 35.0 Å². The van der Waals surface area contributed by atoms with E-state index < -0.39 is 0 Å². The molecule has 1 atom stereocenters. The number of nitrogens with zero attached hydrogens (tertiary/aromatic N) is 3. The summed E-state index contributed by atoms with van der Waals surface area (Å²) < 4.78 is 5.92. The molecule has 0 aliphatic carbocycles. The molecular formula is C22H19N3O2S. The lowest BCUT2D eigenvalue weighted by atomic mass is 9.96. The summed E-state index contributed by atoms with van der Waals surface area (Å²) in [5.74, 6) is 1.32. The summed E-state index contributed by atoms with van der Waals surface area (Å²) in [5, 5.41) is 14.5. The molecule has 1 aliphatic rings. The number of amides is 1. The number of hydrogen-bond donors (Lipinski definition) is 0. The average Bonchev–Trinajstić information content (AvgIpc) is 3.45. The number of hydrogen-bond acceptors (Lipinski definition) is 5. The molecule has 1 saturated heterocycles. The summed E-state index contributed by atoms with van der Waals surface area (Å²) >= 11 is 1.60. The highest BCUT2D eigenvalue weighted by atomic mass is 32.1. The SMILES string of the molecule is O=C(c1cccc2ccccc12)N1CCCC(c2nnc(-c3ccsc3)o2)C1. The molecule has 5 rings (SSSR count). The summed E-state index contributed by atoms with van der Waals surface area (Å²) in [4.78, 5) is 15.2. The molecule has 3 heterocycles. The maximum atomic E-state index is 13.2. The van der Waals surface area contributed by atoms with Gasteiger partial charge < -0.3 is 9.32 Å². The number of aromatic nitrogens is 2. The van der Waals surface area contributed by atoms with Gasteiger partial charge in [-0.3, -0.25) is 4.79 Å². The van der Waals surface area contributed by atoms with E-state index in [1.807, 2.05) is 64.2 Å². The predicted octanol–water partition coefficient (Wildman–Crippen LogP) is 4.97. The Labute approximate surface area is 166 Å². The first-order valence-corrected chi connectivity index (χ1v) is 10.4. The summed E-state index contributed by atoms with van der Waals surface area (Å²) in [6, 6.07) is 15.9. The molecule has 28 heavy (non-hydrogen) atoms. The van der Waals surface area contributed by atoms with Crippen molar-refractivity contribution in [2.24, 2.45) is 0 Å². The van der Waals surface area contributed by atoms with Crippen molar-refractivity contribution < 1.29 is 9.21 Å². The van der Waals surface area contributed by atoms with Gasteiger partial charge >= 0.3 is 0 Å². The highest BCUT2D eigenvalue weighted by Gasteiger charge is 2.29. The summed E-state index contributed by atoms with van der Waals surface area (Å²) in [7, 11) is 0. The molecule has 0 bridgehead atoms. The van der Waals surface area contributed by atoms with Gasteiger partial charge in [0.1, 0.15) is 0 Å². The first-order valence-electron chi connectivity index (χ1n) is 9.42. The fraction of sp³-hybridized carbons (Fsp3) is 0.227. The molecule has 0 saturated carbocycles. The monoisotopic (exact) mass is 389 g/mol. The Morgan fingerprint density at radius 2 is 2.00 bits per heavy atom. The molecule has 2 aromatic heterocycles. The van der Waals surface area contributed by atoms with E-state index in [0.29, 0.717) is 18.3 Å². The van der Waals surface area contributed by atoms with Crippen LogP contribution in [0.5, 0.6) is 0 Å². The molecule has 0 N–H and O–H groups in total. The van der Waals surface area contributed by atoms with Crippen molar-refractivity contribution in [2.45, 2.75) is 18.8 Å². The van der Waals surface area contributed by atoms with Gasteiger partial charge in [-0.25, -0.2) is 0 Å². The third-order valence-electron chi connectivity index (χ3n) is 5.29. The molecule has 4 aromatic rings. The van der Waals surface area contributed by atoms with E-state index in [-0.39, 0.29) is 11.8 Å². The normalized spacial score (nSPS) is 17.1. The Morgan fingerprint density at radius 3 is 2.89 bits per heavy atom. The van der Waals surface area contributed by atoms with Gasteiger partial charge in [0.15, 0.2) is 0 Å². The number of carbonyl (C=O) groups excluding carboxylic acids is 1. The minimum absolute atomic E-state index is 0.0686. The fourth-order valence-electron chi connectivity index (χ4n) is 3.85. The number of rotatable bonds is 3. The molecule has 140 valence electrons. The van der Waals surface area contributed by atoms with Crippen molar-refractivity contribution >= 4 is 28.0 Å². The van der Waals surface area contributed by atoms with Gasteiger partial charge in [0.05, 0.1) is 5.92 Å². The molecule has 0 spiro atoms. The number of benzene rings is 2. The second-order valence-electron chi connectivity index (χ2n) is 7.07. The largest absolute Gasteiger partial charge is 0.420 e. The van der Waals surface area contributed by atoms with Crippen molar-refractivity contribution in [1.29, 1.82) is 0 Å². The van der Waals surface area contributed by atoms with Gasteiger partial charge in [-0.15, -0.1) is 10.2 Å². The number of fused-ring (bicyclic) bond motifs is 1. The molecule has 6 heteroatoms. The molecule has 1 unspecified atom stereocenters. The van der Waals surface area contributed by atoms with Crippen molar-refractivity contribution in [3.63, 3.8) is 0 Å². The molecule has 1 fully saturated rings. The number of piperidine rings is 1. The quantitative estimate of drug-likeness (QED) is 0.496. The predicted molar refractivity (Wildman–Crippen MR) is 109 cm³/mol. The first kappa shape index (κ1) is 17.1. The van der Waals surface area contributed by atoms with E-state index in [2.05, 4.69) is 10.2 Å². The number of carbonyl (C=O) groups is 1. The third kappa shape index (κ3) is 3.10. The van der Waals surface area contributed by atoms with Gasteiger partial charge in [0, 0.05) is 29.6 Å². The van der Waals surface area contributed by atoms with Crippen LogP contribution in [-0.4, -0.2) is 34.1 Å². The van der Waals surface area contributed by atoms with Crippen LogP contribution in [0, 0.1) is 0 Å². The van der Waals surface area contributed by atoms with E-state index in [1.54, 1.807) is 11.3 Å². The lowest BCUT2D eigenvalue weighted by Crippen LogP contribution is -2.39. The molecule has 5 nitrogen and oxygen atoms in total. The van der Waals surface area contributed by atoms with E-state index in [4.69, 9.17) is 4.42 Å². The summed E-state index contributed by atoms with van der Waals surface area (Å²) in [6.07, 6.45) is 1.88. The van der Waals surface area contributed by atoms with Crippen LogP contribution in [0.2, 0.25) is 0 Å². The van der Waals surface area contributed by atoms with E-state index in [0.717, 1.165) is 41.3 Å². The van der Waals surface area contributed by atoms with Gasteiger partial charge in [-0.05, 0) is 41.1 Å². The average molecular weight is 389 g/mol. The fourth-order valence-corrected chi connectivity index (χ4v) is 4.48. The van der Waals surface area contributed by atoms with Crippen LogP contribution in [0.3, 0.4) is 0 Å². The molecule has 1 amide bonds. The Hall–Kier alpha value is -2.99. The van der Waals surface area contributed by atoms with Crippen molar-refractivity contribution in [3.05, 3.63) is 70.7 Å². The van der Waals surface area contributed by atoms with Gasteiger partial charge in [-0.2, -0.15) is 11.3 Å². The van der Waals surface area contributed by atoms with Crippen LogP contribution in [-0.2, 0) is 0 Å². The van der Waals surface area contributed by atoms with E-state index >= 15 is 0 Å². The second-order valence-corrected chi connectivity index (χ2v) is 7.85. The van der Waals surface area contributed by atoms with Gasteiger partial charge in [-0.1, -0.05) is 36.4 Å². The number of likely N-dealkylation sites (tertiary alicyclic amines) is 1. The maximum Gasteiger partial charge on any atom is 0.254 e. The Balaban J connectivity index is 1.39. The smallest absolute Gasteiger partial charge is 0.254 e. The Bertz CT molecular complexity index is 1110. The van der Waals surface area contributed by atoms with E-state index in [9.17, 15) is 4.79 Å². The van der Waals surface area contributed by atoms with Gasteiger partial charge in [0.25, 0.3) is 5.91 Å². The van der Waals surface area contributed by atoms with Crippen LogP contribution in [0.25, 0.3) is 22.2 Å². The maximum absolute atomic E-state index is 13.2. The Morgan fingerprint density at radius 1 is 1.11 bits per heavy atom. The van der Waals surface area contributed by atoms with Crippen molar-refractivity contribution in [2.75, 3.05) is 13.1 Å². The Kier molecular flexibility index (Phi) is 4.41. The topological polar surface area (TPSA) is 59.2 Å². The van der Waals surface area contributed by atoms with Crippen LogP contribution in [0.4, 0.5) is 0 Å². The van der Waals surface area contributed by atoms with E-state index in [1.165, 1.54) is 0 Å². The third-order valence-corrected chi connectivity index (χ3v) is 5.97. The van der Waals surface area contributed by atoms with Crippen molar-refractivity contribution in [1.82, 2.24) is 15.1 Å². The van der Waals surface area contributed by atoms with Crippen LogP contribution >= 0.6 is 11.3 Å². The van der Waals surface area contributed by atoms with Crippen molar-refractivity contribution in [3.8, 4) is 11.5 Å². The lowest BCUT2D eigenvalue weighted by Gasteiger charge is -2.31. The standard InChI is InChI=1S/C22H19N3O2S/c26-22(19-9-3-6-15-5-1-2-8-18(15)19)25-11-4-7-16(13-25)20-23-24-21(27-20)17-10-12-28-14-17/h1-3,5-6,8-10,12,14,16H,4,7,11,13H2. The van der Waals surface area contributed by atoms with Crippen LogP contribution < -0.4 is 0 Å². The minimum Gasteiger partial charge on any atom is -0.420 e. The summed E-state index contributed by atoms with van der Waals surface area (Å²) in [6.45, 7) is 1.36.